The third-order valence-electron chi connectivity index (χ3n) is 2.38. The van der Waals surface area contributed by atoms with Gasteiger partial charge in [-0.3, -0.25) is 4.68 Å². The van der Waals surface area contributed by atoms with E-state index in [0.717, 1.165) is 0 Å². The van der Waals surface area contributed by atoms with Gasteiger partial charge in [0.1, 0.15) is 5.82 Å². The predicted molar refractivity (Wildman–Crippen MR) is 65.6 cm³/mol. The van der Waals surface area contributed by atoms with Crippen molar-refractivity contribution in [2.45, 2.75) is 0 Å². The molecule has 2 aromatic rings. The Hall–Kier alpha value is -1.21. The fourth-order valence-electron chi connectivity index (χ4n) is 1.43. The van der Waals surface area contributed by atoms with Crippen LogP contribution >= 0.6 is 27.5 Å². The molecule has 18 heavy (non-hydrogen) atoms. The highest BCUT2D eigenvalue weighted by atomic mass is 79.9. The zero-order valence-corrected chi connectivity index (χ0v) is 11.3. The summed E-state index contributed by atoms with van der Waals surface area (Å²) in [4.78, 5) is 0. The number of hydrogen-bond acceptors (Lipinski definition) is 2. The van der Waals surface area contributed by atoms with Gasteiger partial charge in [0.05, 0.1) is 20.8 Å². The highest BCUT2D eigenvalue weighted by Gasteiger charge is 2.25. The Bertz CT molecular complexity index is 593. The molecule has 1 aromatic heterocycles. The van der Waals surface area contributed by atoms with Crippen LogP contribution in [0.4, 0.5) is 19.0 Å². The maximum absolute atomic E-state index is 13.8. The summed E-state index contributed by atoms with van der Waals surface area (Å²) >= 11 is 8.25. The van der Waals surface area contributed by atoms with Gasteiger partial charge in [-0.1, -0.05) is 11.6 Å². The number of benzene rings is 1. The van der Waals surface area contributed by atoms with Crippen LogP contribution in [0.1, 0.15) is 0 Å². The lowest BCUT2D eigenvalue weighted by Gasteiger charge is -2.07. The van der Waals surface area contributed by atoms with E-state index in [-0.39, 0.29) is 11.5 Å². The molecule has 0 amide bonds. The molecule has 0 unspecified atom stereocenters. The summed E-state index contributed by atoms with van der Waals surface area (Å²) in [5.41, 5.74) is 5.03. The SMILES string of the molecule is Cn1nc(-c2c(F)c(F)c(Br)c(F)c2Cl)cc1N. The number of aromatic nitrogens is 2. The summed E-state index contributed by atoms with van der Waals surface area (Å²) < 4.78 is 41.4. The van der Waals surface area contributed by atoms with Crippen molar-refractivity contribution in [2.75, 3.05) is 5.73 Å². The van der Waals surface area contributed by atoms with E-state index < -0.39 is 32.5 Å². The van der Waals surface area contributed by atoms with Crippen LogP contribution in [0, 0.1) is 17.5 Å². The van der Waals surface area contributed by atoms with Crippen LogP contribution in [0.15, 0.2) is 10.5 Å². The summed E-state index contributed by atoms with van der Waals surface area (Å²) in [6.07, 6.45) is 0. The Morgan fingerprint density at radius 2 is 1.89 bits per heavy atom. The van der Waals surface area contributed by atoms with Crippen LogP contribution in [0.5, 0.6) is 0 Å². The molecule has 96 valence electrons. The van der Waals surface area contributed by atoms with Crippen molar-refractivity contribution in [3.63, 3.8) is 0 Å². The first-order chi connectivity index (χ1) is 8.34. The molecule has 0 fully saturated rings. The largest absolute Gasteiger partial charge is 0.384 e. The Morgan fingerprint density at radius 3 is 2.39 bits per heavy atom. The molecule has 0 bridgehead atoms. The zero-order valence-electron chi connectivity index (χ0n) is 8.94. The second-order valence-electron chi connectivity index (χ2n) is 3.52. The molecule has 3 nitrogen and oxygen atoms in total. The second-order valence-corrected chi connectivity index (χ2v) is 4.69. The minimum absolute atomic E-state index is 0.0391. The fraction of sp³-hybridized carbons (Fsp3) is 0.100. The van der Waals surface area contributed by atoms with Crippen LogP contribution in [-0.4, -0.2) is 9.78 Å². The topological polar surface area (TPSA) is 43.8 Å². The number of nitrogens with zero attached hydrogens (tertiary/aromatic N) is 2. The van der Waals surface area contributed by atoms with E-state index in [1.165, 1.54) is 17.8 Å². The first kappa shape index (κ1) is 13.2. The minimum Gasteiger partial charge on any atom is -0.384 e. The van der Waals surface area contributed by atoms with Gasteiger partial charge in [-0.15, -0.1) is 0 Å². The van der Waals surface area contributed by atoms with Crippen molar-refractivity contribution in [1.29, 1.82) is 0 Å². The Morgan fingerprint density at radius 1 is 1.28 bits per heavy atom. The quantitative estimate of drug-likeness (QED) is 0.638. The predicted octanol–water partition coefficient (Wildman–Crippen LogP) is 3.50. The number of halogens is 5. The van der Waals surface area contributed by atoms with Gasteiger partial charge in [0.2, 0.25) is 0 Å². The van der Waals surface area contributed by atoms with Crippen molar-refractivity contribution in [2.24, 2.45) is 7.05 Å². The molecular weight excluding hydrogens is 334 g/mol. The summed E-state index contributed by atoms with van der Waals surface area (Å²) in [5, 5.41) is 3.28. The Balaban J connectivity index is 2.79. The van der Waals surface area contributed by atoms with Crippen LogP contribution in [-0.2, 0) is 7.05 Å². The van der Waals surface area contributed by atoms with Crippen molar-refractivity contribution in [3.8, 4) is 11.3 Å². The second kappa shape index (κ2) is 4.47. The number of aryl methyl sites for hydroxylation is 1. The number of anilines is 1. The van der Waals surface area contributed by atoms with Gasteiger partial charge in [0.25, 0.3) is 0 Å². The molecule has 8 heteroatoms. The fourth-order valence-corrected chi connectivity index (χ4v) is 2.19. The highest BCUT2D eigenvalue weighted by Crippen LogP contribution is 2.38. The van der Waals surface area contributed by atoms with E-state index in [1.54, 1.807) is 0 Å². The van der Waals surface area contributed by atoms with E-state index in [2.05, 4.69) is 21.0 Å². The molecule has 0 radical (unpaired) electrons. The third-order valence-corrected chi connectivity index (χ3v) is 3.43. The zero-order chi connectivity index (χ0) is 13.6. The number of nitrogens with two attached hydrogens (primary N) is 1. The summed E-state index contributed by atoms with van der Waals surface area (Å²) in [6, 6.07) is 1.27. The average Bonchev–Trinajstić information content (AvgIpc) is 2.64. The van der Waals surface area contributed by atoms with Gasteiger partial charge < -0.3 is 5.73 Å². The van der Waals surface area contributed by atoms with Crippen LogP contribution in [0.3, 0.4) is 0 Å². The smallest absolute Gasteiger partial charge is 0.176 e. The lowest BCUT2D eigenvalue weighted by Crippen LogP contribution is -1.99. The third kappa shape index (κ3) is 1.87. The Kier molecular flexibility index (Phi) is 3.29. The highest BCUT2D eigenvalue weighted by molar-refractivity contribution is 9.10. The molecule has 0 saturated carbocycles. The van der Waals surface area contributed by atoms with E-state index in [9.17, 15) is 13.2 Å². The van der Waals surface area contributed by atoms with Crippen LogP contribution in [0.25, 0.3) is 11.3 Å². The van der Waals surface area contributed by atoms with Crippen molar-refractivity contribution in [3.05, 3.63) is 33.0 Å². The van der Waals surface area contributed by atoms with Crippen LogP contribution < -0.4 is 5.73 Å². The molecule has 2 rings (SSSR count). The molecule has 0 aliphatic carbocycles. The van der Waals surface area contributed by atoms with Gasteiger partial charge in [0.15, 0.2) is 17.5 Å². The molecule has 0 spiro atoms. The molecule has 0 aliphatic heterocycles. The van der Waals surface area contributed by atoms with Gasteiger partial charge >= 0.3 is 0 Å². The average molecular weight is 341 g/mol. The molecule has 0 atom stereocenters. The number of nitrogen functional groups attached to an aromatic ring is 1. The maximum atomic E-state index is 13.8. The molecule has 1 heterocycles. The van der Waals surface area contributed by atoms with Gasteiger partial charge in [-0.25, -0.2) is 13.2 Å². The Labute approximate surface area is 113 Å². The number of rotatable bonds is 1. The van der Waals surface area contributed by atoms with Crippen molar-refractivity contribution >= 4 is 33.3 Å². The molecular formula is C10H6BrClF3N3. The summed E-state index contributed by atoms with van der Waals surface area (Å²) in [7, 11) is 1.51. The minimum atomic E-state index is -1.36. The summed E-state index contributed by atoms with van der Waals surface area (Å²) in [6.45, 7) is 0. The normalized spacial score (nSPS) is 11.0. The first-order valence-corrected chi connectivity index (χ1v) is 5.83. The van der Waals surface area contributed by atoms with Gasteiger partial charge in [0, 0.05) is 13.1 Å². The van der Waals surface area contributed by atoms with Crippen molar-refractivity contribution in [1.82, 2.24) is 9.78 Å². The lowest BCUT2D eigenvalue weighted by atomic mass is 10.1. The molecule has 2 N–H and O–H groups in total. The number of hydrogen-bond donors (Lipinski definition) is 1. The van der Waals surface area contributed by atoms with E-state index in [0.29, 0.717) is 0 Å². The van der Waals surface area contributed by atoms with Gasteiger partial charge in [-0.2, -0.15) is 5.10 Å². The van der Waals surface area contributed by atoms with Crippen LogP contribution in [0.2, 0.25) is 5.02 Å². The molecule has 0 aliphatic rings. The van der Waals surface area contributed by atoms with E-state index in [4.69, 9.17) is 17.3 Å². The maximum Gasteiger partial charge on any atom is 0.176 e. The van der Waals surface area contributed by atoms with E-state index >= 15 is 0 Å². The standard InChI is InChI=1S/C10H6BrClF3N3/c1-18-4(16)2-3(17-18)5-7(12)9(14)6(11)10(15)8(5)13/h2H,16H2,1H3. The molecule has 1 aromatic carbocycles. The molecule has 0 saturated heterocycles. The first-order valence-electron chi connectivity index (χ1n) is 4.66. The van der Waals surface area contributed by atoms with Gasteiger partial charge in [-0.05, 0) is 15.9 Å². The monoisotopic (exact) mass is 339 g/mol. The lowest BCUT2D eigenvalue weighted by molar-refractivity contribution is 0.490. The van der Waals surface area contributed by atoms with Crippen molar-refractivity contribution < 1.29 is 13.2 Å². The summed E-state index contributed by atoms with van der Waals surface area (Å²) in [5.74, 6) is -3.53. The van der Waals surface area contributed by atoms with E-state index in [1.807, 2.05) is 0 Å².